The van der Waals surface area contributed by atoms with Gasteiger partial charge in [0, 0.05) is 13.6 Å². The molecule has 118 valence electrons. The van der Waals surface area contributed by atoms with E-state index in [4.69, 9.17) is 11.0 Å². The normalized spacial score (nSPS) is 10.1. The van der Waals surface area contributed by atoms with Crippen LogP contribution in [0.5, 0.6) is 0 Å². The number of aromatic nitrogens is 4. The first-order chi connectivity index (χ1) is 11.0. The molecule has 2 aromatic rings. The highest BCUT2D eigenvalue weighted by Gasteiger charge is 2.15. The van der Waals surface area contributed by atoms with Crippen molar-refractivity contribution in [3.63, 3.8) is 0 Å². The quantitative estimate of drug-likeness (QED) is 0.848. The smallest absolute Gasteiger partial charge is 0.169 e. The third kappa shape index (κ3) is 3.22. The van der Waals surface area contributed by atoms with Crippen LogP contribution < -0.4 is 10.6 Å². The Labute approximate surface area is 134 Å². The van der Waals surface area contributed by atoms with Crippen LogP contribution in [-0.4, -0.2) is 34.0 Å². The SMILES string of the molecule is Cc1nnc(N(C)CCCc2[nH]nc(N)c2C#N)c(C#N)c1C. The molecule has 2 heterocycles. The minimum Gasteiger partial charge on any atom is -0.381 e. The lowest BCUT2D eigenvalue weighted by Crippen LogP contribution is -2.22. The molecule has 0 aliphatic rings. The molecule has 8 heteroatoms. The first-order valence-corrected chi connectivity index (χ1v) is 7.17. The third-order valence-corrected chi connectivity index (χ3v) is 3.81. The number of nitriles is 2. The van der Waals surface area contributed by atoms with E-state index in [1.807, 2.05) is 31.9 Å². The molecule has 2 rings (SSSR count). The van der Waals surface area contributed by atoms with Gasteiger partial charge in [0.1, 0.15) is 23.3 Å². The Morgan fingerprint density at radius 1 is 1.17 bits per heavy atom. The highest BCUT2D eigenvalue weighted by molar-refractivity contribution is 5.57. The predicted molar refractivity (Wildman–Crippen MR) is 85.5 cm³/mol. The van der Waals surface area contributed by atoms with E-state index in [2.05, 4.69) is 26.5 Å². The lowest BCUT2D eigenvalue weighted by atomic mass is 10.1. The number of nitrogen functional groups attached to an aromatic ring is 1. The molecule has 23 heavy (non-hydrogen) atoms. The van der Waals surface area contributed by atoms with Crippen LogP contribution in [0.15, 0.2) is 0 Å². The fraction of sp³-hybridized carbons (Fsp3) is 0.400. The first kappa shape index (κ1) is 16.2. The summed E-state index contributed by atoms with van der Waals surface area (Å²) in [5.74, 6) is 0.794. The van der Waals surface area contributed by atoms with Crippen LogP contribution in [0, 0.1) is 36.5 Å². The molecule has 0 radical (unpaired) electrons. The van der Waals surface area contributed by atoms with Gasteiger partial charge in [0.25, 0.3) is 0 Å². The first-order valence-electron chi connectivity index (χ1n) is 7.17. The summed E-state index contributed by atoms with van der Waals surface area (Å²) in [6.07, 6.45) is 1.39. The average molecular weight is 310 g/mol. The van der Waals surface area contributed by atoms with Crippen LogP contribution in [0.1, 0.15) is 34.5 Å². The zero-order valence-electron chi connectivity index (χ0n) is 13.4. The van der Waals surface area contributed by atoms with Crippen LogP contribution in [0.2, 0.25) is 0 Å². The van der Waals surface area contributed by atoms with Crippen molar-refractivity contribution in [3.05, 3.63) is 28.1 Å². The van der Waals surface area contributed by atoms with E-state index in [1.54, 1.807) is 0 Å². The Bertz CT molecular complexity index is 793. The van der Waals surface area contributed by atoms with E-state index in [0.717, 1.165) is 23.4 Å². The fourth-order valence-corrected chi connectivity index (χ4v) is 2.30. The number of hydrogen-bond acceptors (Lipinski definition) is 7. The molecule has 0 bridgehead atoms. The number of anilines is 2. The minimum absolute atomic E-state index is 0.225. The summed E-state index contributed by atoms with van der Waals surface area (Å²) in [5.41, 5.74) is 8.88. The molecule has 0 aliphatic carbocycles. The van der Waals surface area contributed by atoms with Crippen molar-refractivity contribution in [1.29, 1.82) is 10.5 Å². The molecule has 0 unspecified atom stereocenters. The van der Waals surface area contributed by atoms with Crippen LogP contribution in [0.3, 0.4) is 0 Å². The predicted octanol–water partition coefficient (Wildman–Crippen LogP) is 1.21. The van der Waals surface area contributed by atoms with Gasteiger partial charge < -0.3 is 10.6 Å². The number of nitrogens with zero attached hydrogens (tertiary/aromatic N) is 6. The van der Waals surface area contributed by atoms with Gasteiger partial charge in [-0.3, -0.25) is 5.10 Å². The van der Waals surface area contributed by atoms with E-state index in [9.17, 15) is 5.26 Å². The Morgan fingerprint density at radius 3 is 2.52 bits per heavy atom. The average Bonchev–Trinajstić information content (AvgIpc) is 2.89. The van der Waals surface area contributed by atoms with Gasteiger partial charge >= 0.3 is 0 Å². The zero-order valence-corrected chi connectivity index (χ0v) is 13.4. The Balaban J connectivity index is 2.06. The molecule has 8 nitrogen and oxygen atoms in total. The summed E-state index contributed by atoms with van der Waals surface area (Å²) in [7, 11) is 1.87. The lowest BCUT2D eigenvalue weighted by Gasteiger charge is -2.19. The second kappa shape index (κ2) is 6.75. The molecule has 0 saturated heterocycles. The Kier molecular flexibility index (Phi) is 4.77. The lowest BCUT2D eigenvalue weighted by molar-refractivity contribution is 0.749. The molecule has 0 saturated carbocycles. The molecule has 0 fully saturated rings. The highest BCUT2D eigenvalue weighted by Crippen LogP contribution is 2.21. The monoisotopic (exact) mass is 310 g/mol. The number of aromatic amines is 1. The second-order valence-electron chi connectivity index (χ2n) is 5.32. The van der Waals surface area contributed by atoms with Crippen molar-refractivity contribution < 1.29 is 0 Å². The number of nitrogens with two attached hydrogens (primary N) is 1. The molecule has 0 aliphatic heterocycles. The van der Waals surface area contributed by atoms with Gasteiger partial charge in [-0.15, -0.1) is 5.10 Å². The van der Waals surface area contributed by atoms with Crippen LogP contribution in [0.4, 0.5) is 11.6 Å². The van der Waals surface area contributed by atoms with E-state index >= 15 is 0 Å². The molecule has 2 aromatic heterocycles. The number of hydrogen-bond donors (Lipinski definition) is 2. The number of aryl methyl sites for hydroxylation is 2. The molecule has 0 amide bonds. The van der Waals surface area contributed by atoms with Gasteiger partial charge in [0.05, 0.1) is 11.4 Å². The van der Waals surface area contributed by atoms with Gasteiger partial charge in [0.15, 0.2) is 11.6 Å². The standard InChI is InChI=1S/C15H18N8/c1-9-10(2)19-22-15(11(9)7-16)23(3)6-4-5-13-12(8-17)14(18)21-20-13/h4-6H2,1-3H3,(H3,18,20,21). The fourth-order valence-electron chi connectivity index (χ4n) is 2.30. The van der Waals surface area contributed by atoms with Crippen molar-refractivity contribution in [2.24, 2.45) is 0 Å². The summed E-state index contributed by atoms with van der Waals surface area (Å²) in [5, 5.41) is 33.2. The Morgan fingerprint density at radius 2 is 1.87 bits per heavy atom. The van der Waals surface area contributed by atoms with Crippen LogP contribution in [-0.2, 0) is 6.42 Å². The van der Waals surface area contributed by atoms with Crippen LogP contribution in [0.25, 0.3) is 0 Å². The summed E-state index contributed by atoms with van der Waals surface area (Å²) in [6.45, 7) is 4.36. The summed E-state index contributed by atoms with van der Waals surface area (Å²) < 4.78 is 0. The van der Waals surface area contributed by atoms with Gasteiger partial charge in [0.2, 0.25) is 0 Å². The maximum absolute atomic E-state index is 9.34. The molecule has 0 atom stereocenters. The van der Waals surface area contributed by atoms with Gasteiger partial charge in [-0.25, -0.2) is 0 Å². The van der Waals surface area contributed by atoms with Gasteiger partial charge in [-0.1, -0.05) is 0 Å². The minimum atomic E-state index is 0.225. The molecule has 0 aromatic carbocycles. The summed E-state index contributed by atoms with van der Waals surface area (Å²) in [6, 6.07) is 4.24. The molecule has 0 spiro atoms. The summed E-state index contributed by atoms with van der Waals surface area (Å²) >= 11 is 0. The number of rotatable bonds is 5. The van der Waals surface area contributed by atoms with Crippen molar-refractivity contribution in [2.45, 2.75) is 26.7 Å². The zero-order chi connectivity index (χ0) is 17.0. The second-order valence-corrected chi connectivity index (χ2v) is 5.32. The van der Waals surface area contributed by atoms with Crippen molar-refractivity contribution in [2.75, 3.05) is 24.2 Å². The topological polar surface area (TPSA) is 131 Å². The number of nitrogens with one attached hydrogen (secondary N) is 1. The van der Waals surface area contributed by atoms with Crippen molar-refractivity contribution in [3.8, 4) is 12.1 Å². The highest BCUT2D eigenvalue weighted by atomic mass is 15.2. The van der Waals surface area contributed by atoms with E-state index in [0.29, 0.717) is 29.9 Å². The molecular weight excluding hydrogens is 292 g/mol. The number of H-pyrrole nitrogens is 1. The van der Waals surface area contributed by atoms with E-state index < -0.39 is 0 Å². The third-order valence-electron chi connectivity index (χ3n) is 3.81. The van der Waals surface area contributed by atoms with E-state index in [1.165, 1.54) is 0 Å². The molecular formula is C15H18N8. The largest absolute Gasteiger partial charge is 0.381 e. The van der Waals surface area contributed by atoms with Crippen molar-refractivity contribution in [1.82, 2.24) is 20.4 Å². The molecule has 3 N–H and O–H groups in total. The van der Waals surface area contributed by atoms with Crippen molar-refractivity contribution >= 4 is 11.6 Å². The maximum Gasteiger partial charge on any atom is 0.169 e. The van der Waals surface area contributed by atoms with Crippen LogP contribution >= 0.6 is 0 Å². The Hall–Kier alpha value is -3.13. The van der Waals surface area contributed by atoms with E-state index in [-0.39, 0.29) is 5.82 Å². The summed E-state index contributed by atoms with van der Waals surface area (Å²) in [4.78, 5) is 1.89. The van der Waals surface area contributed by atoms with Gasteiger partial charge in [-0.2, -0.15) is 20.7 Å². The maximum atomic E-state index is 9.34. The van der Waals surface area contributed by atoms with Gasteiger partial charge in [-0.05, 0) is 32.3 Å².